The Morgan fingerprint density at radius 1 is 1.53 bits per heavy atom. The van der Waals surface area contributed by atoms with Gasteiger partial charge in [0.05, 0.1) is 23.4 Å². The third-order valence-electron chi connectivity index (χ3n) is 2.46. The Kier molecular flexibility index (Phi) is 2.68. The van der Waals surface area contributed by atoms with Gasteiger partial charge in [-0.1, -0.05) is 6.07 Å². The smallest absolute Gasteiger partial charge is 0.192 e. The van der Waals surface area contributed by atoms with Crippen LogP contribution >= 0.6 is 11.3 Å². The molecule has 2 aromatic heterocycles. The van der Waals surface area contributed by atoms with E-state index >= 15 is 0 Å². The Labute approximate surface area is 92.4 Å². The van der Waals surface area contributed by atoms with Crippen LogP contribution < -0.4 is 0 Å². The van der Waals surface area contributed by atoms with Gasteiger partial charge in [-0.3, -0.25) is 4.79 Å². The maximum Gasteiger partial charge on any atom is 0.192 e. The van der Waals surface area contributed by atoms with Crippen molar-refractivity contribution < 1.29 is 4.79 Å². The number of ketones is 1. The molecule has 0 amide bonds. The summed E-state index contributed by atoms with van der Waals surface area (Å²) in [5.74, 6) is 0.144. The average molecular weight is 220 g/mol. The third-order valence-corrected chi connectivity index (χ3v) is 3.37. The molecular weight excluding hydrogens is 208 g/mol. The number of imidazole rings is 1. The van der Waals surface area contributed by atoms with Crippen molar-refractivity contribution in [3.05, 3.63) is 40.1 Å². The molecule has 0 unspecified atom stereocenters. The zero-order valence-corrected chi connectivity index (χ0v) is 9.54. The number of nitrogens with zero attached hydrogens (tertiary/aromatic N) is 2. The molecule has 0 aromatic carbocycles. The Balaban J connectivity index is 2.16. The van der Waals surface area contributed by atoms with Gasteiger partial charge < -0.3 is 4.57 Å². The van der Waals surface area contributed by atoms with Crippen LogP contribution in [0.2, 0.25) is 0 Å². The molecule has 0 N–H and O–H groups in total. The highest BCUT2D eigenvalue weighted by atomic mass is 32.1. The van der Waals surface area contributed by atoms with Crippen LogP contribution in [0.4, 0.5) is 0 Å². The molecule has 78 valence electrons. The topological polar surface area (TPSA) is 34.9 Å². The lowest BCUT2D eigenvalue weighted by molar-refractivity contribution is 0.0975. The molecule has 0 saturated heterocycles. The number of rotatable bonds is 3. The largest absolute Gasteiger partial charge is 0.327 e. The standard InChI is InChI=1S/C11H12N2OS/c1-8-9(2)13(7-12-8)6-10(14)11-4-3-5-15-11/h3-5,7H,6H2,1-2H3. The molecular formula is C11H12N2OS. The molecule has 15 heavy (non-hydrogen) atoms. The molecule has 3 nitrogen and oxygen atoms in total. The van der Waals surface area contributed by atoms with Gasteiger partial charge in [-0.25, -0.2) is 4.98 Å². The van der Waals surface area contributed by atoms with Gasteiger partial charge in [0.25, 0.3) is 0 Å². The molecule has 0 aliphatic rings. The quantitative estimate of drug-likeness (QED) is 0.745. The molecule has 2 heterocycles. The lowest BCUT2D eigenvalue weighted by atomic mass is 10.3. The van der Waals surface area contributed by atoms with E-state index in [9.17, 15) is 4.79 Å². The first kappa shape index (κ1) is 10.1. The summed E-state index contributed by atoms with van der Waals surface area (Å²) < 4.78 is 1.89. The zero-order chi connectivity index (χ0) is 10.8. The van der Waals surface area contributed by atoms with Crippen molar-refractivity contribution in [3.8, 4) is 0 Å². The molecule has 0 radical (unpaired) electrons. The fourth-order valence-electron chi connectivity index (χ4n) is 1.37. The molecule has 0 atom stereocenters. The monoisotopic (exact) mass is 220 g/mol. The second-order valence-corrected chi connectivity index (χ2v) is 4.39. The van der Waals surface area contributed by atoms with Gasteiger partial charge in [0.15, 0.2) is 5.78 Å². The second-order valence-electron chi connectivity index (χ2n) is 3.44. The molecule has 0 fully saturated rings. The maximum atomic E-state index is 11.8. The Morgan fingerprint density at radius 3 is 2.87 bits per heavy atom. The van der Waals surface area contributed by atoms with Gasteiger partial charge >= 0.3 is 0 Å². The summed E-state index contributed by atoms with van der Waals surface area (Å²) in [6, 6.07) is 3.75. The minimum Gasteiger partial charge on any atom is -0.327 e. The van der Waals surface area contributed by atoms with Gasteiger partial charge in [-0.2, -0.15) is 0 Å². The summed E-state index contributed by atoms with van der Waals surface area (Å²) in [6.07, 6.45) is 1.72. The van der Waals surface area contributed by atoms with Crippen LogP contribution in [0.25, 0.3) is 0 Å². The zero-order valence-electron chi connectivity index (χ0n) is 8.73. The van der Waals surface area contributed by atoms with E-state index in [4.69, 9.17) is 0 Å². The molecule has 0 aliphatic heterocycles. The summed E-state index contributed by atoms with van der Waals surface area (Å²) in [4.78, 5) is 16.8. The number of carbonyl (C=O) groups is 1. The van der Waals surface area contributed by atoms with E-state index in [1.165, 1.54) is 11.3 Å². The maximum absolute atomic E-state index is 11.8. The van der Waals surface area contributed by atoms with Crippen LogP contribution in [0.15, 0.2) is 23.8 Å². The van der Waals surface area contributed by atoms with Crippen LogP contribution in [-0.2, 0) is 6.54 Å². The highest BCUT2D eigenvalue weighted by Crippen LogP contribution is 2.12. The Hall–Kier alpha value is -1.42. The first-order chi connectivity index (χ1) is 7.18. The van der Waals surface area contributed by atoms with Crippen LogP contribution in [0.1, 0.15) is 21.1 Å². The molecule has 0 spiro atoms. The Bertz CT molecular complexity index is 471. The normalized spacial score (nSPS) is 10.5. The van der Waals surface area contributed by atoms with E-state index in [2.05, 4.69) is 4.98 Å². The number of aromatic nitrogens is 2. The lowest BCUT2D eigenvalue weighted by Crippen LogP contribution is -2.09. The van der Waals surface area contributed by atoms with Crippen molar-refractivity contribution in [1.29, 1.82) is 0 Å². The highest BCUT2D eigenvalue weighted by Gasteiger charge is 2.09. The third kappa shape index (κ3) is 1.99. The van der Waals surface area contributed by atoms with Crippen molar-refractivity contribution in [2.75, 3.05) is 0 Å². The van der Waals surface area contributed by atoms with E-state index in [0.29, 0.717) is 6.54 Å². The second kappa shape index (κ2) is 3.98. The van der Waals surface area contributed by atoms with Gasteiger partial charge in [0.1, 0.15) is 0 Å². The Morgan fingerprint density at radius 2 is 2.33 bits per heavy atom. The summed E-state index contributed by atoms with van der Waals surface area (Å²) >= 11 is 1.48. The minimum atomic E-state index is 0.144. The predicted octanol–water partition coefficient (Wildman–Crippen LogP) is 2.44. The summed E-state index contributed by atoms with van der Waals surface area (Å²) in [5.41, 5.74) is 2.04. The lowest BCUT2D eigenvalue weighted by Gasteiger charge is -2.02. The van der Waals surface area contributed by atoms with Crippen molar-refractivity contribution >= 4 is 17.1 Å². The molecule has 4 heteroatoms. The van der Waals surface area contributed by atoms with Gasteiger partial charge in [-0.15, -0.1) is 11.3 Å². The van der Waals surface area contributed by atoms with Crippen molar-refractivity contribution in [2.24, 2.45) is 0 Å². The average Bonchev–Trinajstić information content (AvgIpc) is 2.83. The minimum absolute atomic E-state index is 0.144. The molecule has 0 aliphatic carbocycles. The summed E-state index contributed by atoms with van der Waals surface area (Å²) in [7, 11) is 0. The molecule has 2 aromatic rings. The summed E-state index contributed by atoms with van der Waals surface area (Å²) in [5, 5.41) is 1.92. The summed E-state index contributed by atoms with van der Waals surface area (Å²) in [6.45, 7) is 4.30. The van der Waals surface area contributed by atoms with E-state index < -0.39 is 0 Å². The van der Waals surface area contributed by atoms with Crippen LogP contribution in [0.3, 0.4) is 0 Å². The van der Waals surface area contributed by atoms with Gasteiger partial charge in [0.2, 0.25) is 0 Å². The first-order valence-electron chi connectivity index (χ1n) is 4.73. The SMILES string of the molecule is Cc1ncn(CC(=O)c2cccs2)c1C. The number of carbonyl (C=O) groups excluding carboxylic acids is 1. The molecule has 0 bridgehead atoms. The van der Waals surface area contributed by atoms with E-state index in [1.807, 2.05) is 35.9 Å². The van der Waals surface area contributed by atoms with E-state index in [-0.39, 0.29) is 5.78 Å². The fourth-order valence-corrected chi connectivity index (χ4v) is 2.03. The number of Topliss-reactive ketones (excluding diaryl/α,β-unsaturated/α-hetero) is 1. The van der Waals surface area contributed by atoms with Gasteiger partial charge in [-0.05, 0) is 25.3 Å². The van der Waals surface area contributed by atoms with Crippen molar-refractivity contribution in [2.45, 2.75) is 20.4 Å². The first-order valence-corrected chi connectivity index (χ1v) is 5.61. The number of thiophene rings is 1. The van der Waals surface area contributed by atoms with E-state index in [0.717, 1.165) is 16.3 Å². The fraction of sp³-hybridized carbons (Fsp3) is 0.273. The molecule has 0 saturated carbocycles. The van der Waals surface area contributed by atoms with Crippen LogP contribution in [-0.4, -0.2) is 15.3 Å². The molecule has 2 rings (SSSR count). The number of hydrogen-bond donors (Lipinski definition) is 0. The van der Waals surface area contributed by atoms with Crippen LogP contribution in [0.5, 0.6) is 0 Å². The highest BCUT2D eigenvalue weighted by molar-refractivity contribution is 7.12. The number of aryl methyl sites for hydroxylation is 1. The van der Waals surface area contributed by atoms with Gasteiger partial charge in [0, 0.05) is 5.69 Å². The van der Waals surface area contributed by atoms with Crippen LogP contribution in [0, 0.1) is 13.8 Å². The number of hydrogen-bond acceptors (Lipinski definition) is 3. The van der Waals surface area contributed by atoms with Crippen molar-refractivity contribution in [3.63, 3.8) is 0 Å². The predicted molar refractivity (Wildman–Crippen MR) is 60.4 cm³/mol. The van der Waals surface area contributed by atoms with Crippen molar-refractivity contribution in [1.82, 2.24) is 9.55 Å². The van der Waals surface area contributed by atoms with E-state index in [1.54, 1.807) is 6.33 Å².